The topological polar surface area (TPSA) is 78.9 Å². The molecule has 0 saturated carbocycles. The van der Waals surface area contributed by atoms with Crippen LogP contribution in [0.5, 0.6) is 5.75 Å². The third-order valence-electron chi connectivity index (χ3n) is 4.80. The highest BCUT2D eigenvalue weighted by Crippen LogP contribution is 2.37. The number of hydrogen-bond donors (Lipinski definition) is 2. The van der Waals surface area contributed by atoms with Crippen LogP contribution in [0.3, 0.4) is 0 Å². The Kier molecular flexibility index (Phi) is 4.91. The van der Waals surface area contributed by atoms with Crippen molar-refractivity contribution in [2.75, 3.05) is 16.8 Å². The number of anilines is 2. The van der Waals surface area contributed by atoms with E-state index in [4.69, 9.17) is 9.84 Å². The summed E-state index contributed by atoms with van der Waals surface area (Å²) in [6.45, 7) is 1.61. The molecule has 0 saturated heterocycles. The van der Waals surface area contributed by atoms with Gasteiger partial charge in [-0.05, 0) is 48.9 Å². The average Bonchev–Trinajstić information content (AvgIpc) is 2.73. The van der Waals surface area contributed by atoms with Gasteiger partial charge in [-0.2, -0.15) is 0 Å². The lowest BCUT2D eigenvalue weighted by atomic mass is 10.0. The number of carbonyl (C=O) groups is 2. The number of nitrogens with one attached hydrogen (secondary N) is 1. The molecule has 1 aliphatic rings. The van der Waals surface area contributed by atoms with E-state index < -0.39 is 12.6 Å². The molecule has 0 fully saturated rings. The monoisotopic (exact) mass is 388 g/mol. The number of amides is 1. The largest absolute Gasteiger partial charge is 0.482 e. The number of carbonyl (C=O) groups excluding carboxylic acids is 1. The van der Waals surface area contributed by atoms with Crippen molar-refractivity contribution in [3.05, 3.63) is 89.5 Å². The number of fused-ring (bicyclic) bond motifs is 1. The standard InChI is InChI=1S/C23H20N2O4/c1-15-6-8-16(9-7-15)22-24-20-5-3-2-4-19(20)23(28)25(22)17-10-12-18(13-11-17)29-14-21(26)27/h2-13,22,24H,14H2,1H3,(H,26,27). The van der Waals surface area contributed by atoms with Crippen molar-refractivity contribution >= 4 is 23.3 Å². The molecule has 0 spiro atoms. The molecule has 1 amide bonds. The van der Waals surface area contributed by atoms with Crippen LogP contribution in [-0.4, -0.2) is 23.6 Å². The lowest BCUT2D eigenvalue weighted by Gasteiger charge is -2.38. The quantitative estimate of drug-likeness (QED) is 0.684. The van der Waals surface area contributed by atoms with Crippen LogP contribution in [0.1, 0.15) is 27.7 Å². The Bertz CT molecular complexity index is 1050. The number of aryl methyl sites for hydroxylation is 1. The molecule has 1 unspecified atom stereocenters. The fourth-order valence-electron chi connectivity index (χ4n) is 3.35. The van der Waals surface area contributed by atoms with E-state index in [1.807, 2.05) is 49.4 Å². The molecule has 1 aliphatic heterocycles. The first-order valence-corrected chi connectivity index (χ1v) is 9.23. The van der Waals surface area contributed by atoms with E-state index in [1.54, 1.807) is 35.2 Å². The zero-order chi connectivity index (χ0) is 20.4. The molecule has 1 heterocycles. The minimum Gasteiger partial charge on any atom is -0.482 e. The molecule has 146 valence electrons. The van der Waals surface area contributed by atoms with E-state index in [2.05, 4.69) is 5.32 Å². The highest BCUT2D eigenvalue weighted by molar-refractivity contribution is 6.12. The minimum absolute atomic E-state index is 0.107. The van der Waals surface area contributed by atoms with E-state index in [-0.39, 0.29) is 12.1 Å². The fourth-order valence-corrected chi connectivity index (χ4v) is 3.35. The summed E-state index contributed by atoms with van der Waals surface area (Å²) in [4.78, 5) is 25.7. The van der Waals surface area contributed by atoms with Crippen LogP contribution in [0.15, 0.2) is 72.8 Å². The van der Waals surface area contributed by atoms with Gasteiger partial charge < -0.3 is 15.2 Å². The highest BCUT2D eigenvalue weighted by Gasteiger charge is 2.33. The SMILES string of the molecule is Cc1ccc(C2Nc3ccccc3C(=O)N2c2ccc(OCC(=O)O)cc2)cc1. The molecule has 0 aliphatic carbocycles. The molecule has 3 aromatic carbocycles. The van der Waals surface area contributed by atoms with Gasteiger partial charge in [0.2, 0.25) is 0 Å². The second kappa shape index (κ2) is 7.67. The normalized spacial score (nSPS) is 15.4. The second-order valence-corrected chi connectivity index (χ2v) is 6.85. The van der Waals surface area contributed by atoms with Crippen molar-refractivity contribution in [3.8, 4) is 5.75 Å². The summed E-state index contributed by atoms with van der Waals surface area (Å²) in [7, 11) is 0. The van der Waals surface area contributed by atoms with Gasteiger partial charge in [-0.15, -0.1) is 0 Å². The third kappa shape index (κ3) is 3.78. The van der Waals surface area contributed by atoms with Gasteiger partial charge in [0.05, 0.1) is 5.56 Å². The van der Waals surface area contributed by atoms with Crippen molar-refractivity contribution in [3.63, 3.8) is 0 Å². The Labute approximate surface area is 168 Å². The molecular weight excluding hydrogens is 368 g/mol. The summed E-state index contributed by atoms with van der Waals surface area (Å²) < 4.78 is 5.20. The second-order valence-electron chi connectivity index (χ2n) is 6.85. The van der Waals surface area contributed by atoms with Gasteiger partial charge >= 0.3 is 5.97 Å². The first-order chi connectivity index (χ1) is 14.0. The summed E-state index contributed by atoms with van der Waals surface area (Å²) in [5.74, 6) is -0.717. The first-order valence-electron chi connectivity index (χ1n) is 9.23. The predicted octanol–water partition coefficient (Wildman–Crippen LogP) is 4.23. The Hall–Kier alpha value is -3.80. The van der Waals surface area contributed by atoms with E-state index >= 15 is 0 Å². The zero-order valence-corrected chi connectivity index (χ0v) is 15.8. The number of hydrogen-bond acceptors (Lipinski definition) is 4. The summed E-state index contributed by atoms with van der Waals surface area (Å²) in [5, 5.41) is 12.2. The number of aliphatic carboxylic acids is 1. The first kappa shape index (κ1) is 18.6. The lowest BCUT2D eigenvalue weighted by molar-refractivity contribution is -0.139. The molecule has 0 radical (unpaired) electrons. The van der Waals surface area contributed by atoms with Crippen LogP contribution >= 0.6 is 0 Å². The number of carboxylic acid groups (broad SMARTS) is 1. The van der Waals surface area contributed by atoms with Crippen molar-refractivity contribution in [1.29, 1.82) is 0 Å². The van der Waals surface area contributed by atoms with Crippen molar-refractivity contribution in [2.45, 2.75) is 13.1 Å². The minimum atomic E-state index is -1.04. The molecular formula is C23H20N2O4. The maximum absolute atomic E-state index is 13.3. The maximum atomic E-state index is 13.3. The average molecular weight is 388 g/mol. The summed E-state index contributed by atoms with van der Waals surface area (Å²) >= 11 is 0. The van der Waals surface area contributed by atoms with Crippen LogP contribution in [0, 0.1) is 6.92 Å². The highest BCUT2D eigenvalue weighted by atomic mass is 16.5. The Morgan fingerprint density at radius 3 is 2.41 bits per heavy atom. The molecule has 1 atom stereocenters. The van der Waals surface area contributed by atoms with Crippen molar-refractivity contribution < 1.29 is 19.4 Å². The summed E-state index contributed by atoms with van der Waals surface area (Å²) in [6, 6.07) is 22.3. The van der Waals surface area contributed by atoms with Gasteiger partial charge in [-0.1, -0.05) is 42.0 Å². The van der Waals surface area contributed by atoms with Crippen LogP contribution in [0.25, 0.3) is 0 Å². The van der Waals surface area contributed by atoms with E-state index in [0.717, 1.165) is 16.8 Å². The lowest BCUT2D eigenvalue weighted by Crippen LogP contribution is -2.43. The van der Waals surface area contributed by atoms with Crippen LogP contribution in [-0.2, 0) is 4.79 Å². The van der Waals surface area contributed by atoms with Gasteiger partial charge in [0, 0.05) is 11.4 Å². The Balaban J connectivity index is 1.72. The van der Waals surface area contributed by atoms with Crippen molar-refractivity contribution in [1.82, 2.24) is 0 Å². The van der Waals surface area contributed by atoms with E-state index in [9.17, 15) is 9.59 Å². The number of carboxylic acids is 1. The van der Waals surface area contributed by atoms with E-state index in [0.29, 0.717) is 17.0 Å². The molecule has 2 N–H and O–H groups in total. The molecule has 6 nitrogen and oxygen atoms in total. The number of ether oxygens (including phenoxy) is 1. The van der Waals surface area contributed by atoms with Gasteiger partial charge in [-0.3, -0.25) is 9.69 Å². The molecule has 3 aromatic rings. The Morgan fingerprint density at radius 2 is 1.72 bits per heavy atom. The molecule has 0 aromatic heterocycles. The summed E-state index contributed by atoms with van der Waals surface area (Å²) in [5.41, 5.74) is 4.18. The molecule has 6 heteroatoms. The molecule has 4 rings (SSSR count). The smallest absolute Gasteiger partial charge is 0.341 e. The van der Waals surface area contributed by atoms with Gasteiger partial charge in [-0.25, -0.2) is 4.79 Å². The third-order valence-corrected chi connectivity index (χ3v) is 4.80. The number of benzene rings is 3. The number of rotatable bonds is 5. The molecule has 0 bridgehead atoms. The van der Waals surface area contributed by atoms with Gasteiger partial charge in [0.15, 0.2) is 6.61 Å². The predicted molar refractivity (Wildman–Crippen MR) is 110 cm³/mol. The van der Waals surface area contributed by atoms with E-state index in [1.165, 1.54) is 0 Å². The van der Waals surface area contributed by atoms with Crippen LogP contribution in [0.4, 0.5) is 11.4 Å². The van der Waals surface area contributed by atoms with Gasteiger partial charge in [0.25, 0.3) is 5.91 Å². The van der Waals surface area contributed by atoms with Gasteiger partial charge in [0.1, 0.15) is 11.9 Å². The number of nitrogens with zero attached hydrogens (tertiary/aromatic N) is 1. The number of para-hydroxylation sites is 1. The maximum Gasteiger partial charge on any atom is 0.341 e. The zero-order valence-electron chi connectivity index (χ0n) is 15.8. The molecule has 29 heavy (non-hydrogen) atoms. The Morgan fingerprint density at radius 1 is 1.03 bits per heavy atom. The van der Waals surface area contributed by atoms with Crippen LogP contribution in [0.2, 0.25) is 0 Å². The summed E-state index contributed by atoms with van der Waals surface area (Å²) in [6.07, 6.45) is -0.371. The van der Waals surface area contributed by atoms with Crippen LogP contribution < -0.4 is 15.0 Å². The van der Waals surface area contributed by atoms with Crippen molar-refractivity contribution in [2.24, 2.45) is 0 Å². The fraction of sp³-hybridized carbons (Fsp3) is 0.130.